The van der Waals surface area contributed by atoms with Gasteiger partial charge < -0.3 is 19.9 Å². The van der Waals surface area contributed by atoms with Crippen LogP contribution in [0.25, 0.3) is 0 Å². The van der Waals surface area contributed by atoms with Crippen LogP contribution in [0, 0.1) is 5.92 Å². The summed E-state index contributed by atoms with van der Waals surface area (Å²) in [4.78, 5) is 43.1. The lowest BCUT2D eigenvalue weighted by Gasteiger charge is -2.38. The maximum Gasteiger partial charge on any atom is 0.253 e. The van der Waals surface area contributed by atoms with Crippen LogP contribution in [-0.4, -0.2) is 66.9 Å². The summed E-state index contributed by atoms with van der Waals surface area (Å²) in [5, 5.41) is 3.04. The van der Waals surface area contributed by atoms with Gasteiger partial charge >= 0.3 is 0 Å². The minimum Gasteiger partial charge on any atom is -0.497 e. The topological polar surface area (TPSA) is 79.0 Å². The molecule has 0 unspecified atom stereocenters. The Morgan fingerprint density at radius 3 is 2.09 bits per heavy atom. The van der Waals surface area contributed by atoms with Gasteiger partial charge in [0.25, 0.3) is 11.8 Å². The molecule has 2 aliphatic rings. The first-order valence-electron chi connectivity index (χ1n) is 12.1. The second-order valence-electron chi connectivity index (χ2n) is 9.06. The molecule has 4 rings (SSSR count). The molecule has 7 nitrogen and oxygen atoms in total. The van der Waals surface area contributed by atoms with Crippen molar-refractivity contribution < 1.29 is 19.1 Å². The zero-order chi connectivity index (χ0) is 23.9. The first-order chi connectivity index (χ1) is 16.6. The van der Waals surface area contributed by atoms with Crippen molar-refractivity contribution in [3.8, 4) is 5.75 Å². The van der Waals surface area contributed by atoms with E-state index >= 15 is 0 Å². The summed E-state index contributed by atoms with van der Waals surface area (Å²) in [7, 11) is 1.60. The van der Waals surface area contributed by atoms with Gasteiger partial charge in [-0.3, -0.25) is 14.4 Å². The highest BCUT2D eigenvalue weighted by Crippen LogP contribution is 2.25. The van der Waals surface area contributed by atoms with Gasteiger partial charge in [0.15, 0.2) is 0 Å². The van der Waals surface area contributed by atoms with E-state index in [1.807, 2.05) is 28.0 Å². The third kappa shape index (κ3) is 5.58. The summed E-state index contributed by atoms with van der Waals surface area (Å²) in [6, 6.07) is 15.6. The summed E-state index contributed by atoms with van der Waals surface area (Å²) in [5.74, 6) is 0.454. The second kappa shape index (κ2) is 11.2. The van der Waals surface area contributed by atoms with Crippen LogP contribution in [0.2, 0.25) is 0 Å². The Kier molecular flexibility index (Phi) is 7.83. The number of carbonyl (C=O) groups is 3. The average Bonchev–Trinajstić information content (AvgIpc) is 2.92. The van der Waals surface area contributed by atoms with E-state index in [-0.39, 0.29) is 23.6 Å². The number of nitrogens with zero attached hydrogens (tertiary/aromatic N) is 2. The Labute approximate surface area is 201 Å². The van der Waals surface area contributed by atoms with Gasteiger partial charge in [-0.05, 0) is 74.4 Å². The van der Waals surface area contributed by atoms with Gasteiger partial charge in [0.05, 0.1) is 7.11 Å². The Balaban J connectivity index is 1.44. The molecule has 0 spiro atoms. The third-order valence-electron chi connectivity index (χ3n) is 6.89. The lowest BCUT2D eigenvalue weighted by atomic mass is 9.87. The molecule has 0 saturated carbocycles. The van der Waals surface area contributed by atoms with Crippen LogP contribution >= 0.6 is 0 Å². The molecule has 34 heavy (non-hydrogen) atoms. The smallest absolute Gasteiger partial charge is 0.253 e. The molecule has 2 fully saturated rings. The zero-order valence-corrected chi connectivity index (χ0v) is 19.7. The quantitative estimate of drug-likeness (QED) is 0.713. The van der Waals surface area contributed by atoms with Crippen LogP contribution in [0.3, 0.4) is 0 Å². The number of likely N-dealkylation sites (tertiary alicyclic amines) is 2. The summed E-state index contributed by atoms with van der Waals surface area (Å²) >= 11 is 0. The molecule has 0 bridgehead atoms. The molecule has 7 heteroatoms. The van der Waals surface area contributed by atoms with Crippen molar-refractivity contribution in [1.29, 1.82) is 0 Å². The Morgan fingerprint density at radius 1 is 0.824 bits per heavy atom. The molecular weight excluding hydrogens is 430 g/mol. The fraction of sp³-hybridized carbons (Fsp3) is 0.444. The molecule has 2 aromatic carbocycles. The van der Waals surface area contributed by atoms with Gasteiger partial charge in [0.1, 0.15) is 11.8 Å². The molecule has 1 atom stereocenters. The Morgan fingerprint density at radius 2 is 1.47 bits per heavy atom. The van der Waals surface area contributed by atoms with E-state index in [1.54, 1.807) is 43.5 Å². The van der Waals surface area contributed by atoms with E-state index < -0.39 is 6.04 Å². The zero-order valence-electron chi connectivity index (χ0n) is 19.7. The molecule has 0 aliphatic carbocycles. The third-order valence-corrected chi connectivity index (χ3v) is 6.89. The molecule has 2 aliphatic heterocycles. The molecule has 1 N–H and O–H groups in total. The first kappa shape index (κ1) is 23.8. The highest BCUT2D eigenvalue weighted by molar-refractivity contribution is 5.97. The van der Waals surface area contributed by atoms with Gasteiger partial charge in [-0.15, -0.1) is 0 Å². The van der Waals surface area contributed by atoms with Crippen LogP contribution in [0.4, 0.5) is 0 Å². The normalized spacial score (nSPS) is 17.7. The number of methoxy groups -OCH3 is 1. The molecular formula is C27H33N3O4. The number of piperidine rings is 2. The molecule has 3 amide bonds. The summed E-state index contributed by atoms with van der Waals surface area (Å²) < 4.78 is 5.18. The molecule has 2 heterocycles. The van der Waals surface area contributed by atoms with Crippen molar-refractivity contribution in [2.24, 2.45) is 5.92 Å². The van der Waals surface area contributed by atoms with Crippen molar-refractivity contribution in [3.05, 3.63) is 65.7 Å². The van der Waals surface area contributed by atoms with Crippen LogP contribution in [0.5, 0.6) is 5.75 Å². The highest BCUT2D eigenvalue weighted by Gasteiger charge is 2.36. The minimum atomic E-state index is -0.580. The summed E-state index contributed by atoms with van der Waals surface area (Å²) in [6.45, 7) is 2.59. The second-order valence-corrected chi connectivity index (χ2v) is 9.06. The van der Waals surface area contributed by atoms with E-state index in [4.69, 9.17) is 4.74 Å². The van der Waals surface area contributed by atoms with Crippen LogP contribution in [0.1, 0.15) is 52.8 Å². The van der Waals surface area contributed by atoms with E-state index in [9.17, 15) is 14.4 Å². The number of amides is 3. The van der Waals surface area contributed by atoms with Crippen LogP contribution < -0.4 is 10.1 Å². The monoisotopic (exact) mass is 463 g/mol. The fourth-order valence-corrected chi connectivity index (χ4v) is 4.86. The van der Waals surface area contributed by atoms with Gasteiger partial charge in [0, 0.05) is 37.3 Å². The van der Waals surface area contributed by atoms with E-state index in [2.05, 4.69) is 5.32 Å². The van der Waals surface area contributed by atoms with E-state index in [1.165, 1.54) is 0 Å². The molecule has 180 valence electrons. The molecule has 2 aromatic rings. The number of rotatable bonds is 6. The summed E-state index contributed by atoms with van der Waals surface area (Å²) in [5.41, 5.74) is 1.17. The standard InChI is InChI=1S/C27H33N3O4/c1-34-23-12-10-22(11-13-23)26(32)30-18-14-20(15-19-30)24(27(33)29-16-6-3-7-17-29)28-25(31)21-8-4-2-5-9-21/h2,4-5,8-13,20,24H,3,6-7,14-19H2,1H3,(H,28,31)/t24-/m1/s1. The number of hydrogen-bond acceptors (Lipinski definition) is 4. The Hall–Kier alpha value is -3.35. The van der Waals surface area contributed by atoms with E-state index in [0.29, 0.717) is 42.8 Å². The van der Waals surface area contributed by atoms with Crippen molar-refractivity contribution in [1.82, 2.24) is 15.1 Å². The summed E-state index contributed by atoms with van der Waals surface area (Å²) in [6.07, 6.45) is 4.47. The van der Waals surface area contributed by atoms with Crippen molar-refractivity contribution >= 4 is 17.7 Å². The number of hydrogen-bond donors (Lipinski definition) is 1. The molecule has 0 aromatic heterocycles. The predicted octanol–water partition coefficient (Wildman–Crippen LogP) is 3.36. The lowest BCUT2D eigenvalue weighted by molar-refractivity contribution is -0.136. The highest BCUT2D eigenvalue weighted by atomic mass is 16.5. The number of benzene rings is 2. The van der Waals surface area contributed by atoms with Gasteiger partial charge in [-0.1, -0.05) is 18.2 Å². The Bertz CT molecular complexity index is 979. The van der Waals surface area contributed by atoms with Crippen LogP contribution in [0.15, 0.2) is 54.6 Å². The number of carbonyl (C=O) groups excluding carboxylic acids is 3. The average molecular weight is 464 g/mol. The minimum absolute atomic E-state index is 0.00362. The first-order valence-corrected chi connectivity index (χ1v) is 12.1. The van der Waals surface area contributed by atoms with Gasteiger partial charge in [-0.2, -0.15) is 0 Å². The van der Waals surface area contributed by atoms with Crippen molar-refractivity contribution in [3.63, 3.8) is 0 Å². The SMILES string of the molecule is COc1ccc(C(=O)N2CCC([C@@H](NC(=O)c3ccccc3)C(=O)N3CCCCC3)CC2)cc1. The number of nitrogens with one attached hydrogen (secondary N) is 1. The largest absolute Gasteiger partial charge is 0.497 e. The maximum atomic E-state index is 13.5. The lowest BCUT2D eigenvalue weighted by Crippen LogP contribution is -2.55. The molecule has 2 saturated heterocycles. The fourth-order valence-electron chi connectivity index (χ4n) is 4.86. The van der Waals surface area contributed by atoms with Crippen molar-refractivity contribution in [2.45, 2.75) is 38.1 Å². The van der Waals surface area contributed by atoms with Crippen LogP contribution in [-0.2, 0) is 4.79 Å². The van der Waals surface area contributed by atoms with Crippen molar-refractivity contribution in [2.75, 3.05) is 33.3 Å². The van der Waals surface area contributed by atoms with Gasteiger partial charge in [0.2, 0.25) is 5.91 Å². The number of ether oxygens (including phenoxy) is 1. The predicted molar refractivity (Wildman–Crippen MR) is 130 cm³/mol. The van der Waals surface area contributed by atoms with Gasteiger partial charge in [-0.25, -0.2) is 0 Å². The maximum absolute atomic E-state index is 13.5. The molecule has 0 radical (unpaired) electrons. The van der Waals surface area contributed by atoms with E-state index in [0.717, 1.165) is 32.4 Å².